The van der Waals surface area contributed by atoms with Crippen LogP contribution >= 0.6 is 11.6 Å². The fourth-order valence-electron chi connectivity index (χ4n) is 3.12. The zero-order valence-electron chi connectivity index (χ0n) is 15.5. The molecule has 2 aromatic carbocycles. The number of sulfonamides is 1. The number of piperazine rings is 1. The molecule has 1 heterocycles. The Morgan fingerprint density at radius 3 is 2.41 bits per heavy atom. The summed E-state index contributed by atoms with van der Waals surface area (Å²) in [4.78, 5) is 25.0. The van der Waals surface area contributed by atoms with Gasteiger partial charge in [-0.1, -0.05) is 17.7 Å². The van der Waals surface area contributed by atoms with Crippen molar-refractivity contribution < 1.29 is 18.1 Å². The second-order valence-corrected chi connectivity index (χ2v) is 8.77. The first-order chi connectivity index (χ1) is 13.7. The van der Waals surface area contributed by atoms with E-state index in [9.17, 15) is 23.3 Å². The van der Waals surface area contributed by atoms with E-state index in [1.54, 1.807) is 19.2 Å². The number of carbonyl (C=O) groups excluding carboxylic acids is 1. The molecule has 11 heteroatoms. The number of benzene rings is 2. The Labute approximate surface area is 173 Å². The number of anilines is 1. The first kappa shape index (κ1) is 21.0. The number of rotatable bonds is 5. The van der Waals surface area contributed by atoms with Crippen molar-refractivity contribution in [1.82, 2.24) is 9.21 Å². The molecule has 9 nitrogen and oxygen atoms in total. The number of nitrogens with one attached hydrogen (secondary N) is 1. The van der Waals surface area contributed by atoms with Crippen molar-refractivity contribution in [2.75, 3.05) is 38.5 Å². The molecule has 0 atom stereocenters. The molecule has 3 rings (SSSR count). The van der Waals surface area contributed by atoms with Crippen molar-refractivity contribution in [3.8, 4) is 0 Å². The minimum absolute atomic E-state index is 0.0981. The van der Waals surface area contributed by atoms with Crippen molar-refractivity contribution in [3.63, 3.8) is 0 Å². The van der Waals surface area contributed by atoms with Crippen LogP contribution in [0.1, 0.15) is 10.4 Å². The zero-order valence-corrected chi connectivity index (χ0v) is 17.1. The molecule has 0 aromatic heterocycles. The van der Waals surface area contributed by atoms with Crippen molar-refractivity contribution in [2.24, 2.45) is 0 Å². The van der Waals surface area contributed by atoms with E-state index in [0.717, 1.165) is 0 Å². The van der Waals surface area contributed by atoms with Gasteiger partial charge in [0.05, 0.1) is 15.4 Å². The van der Waals surface area contributed by atoms with Crippen LogP contribution < -0.4 is 5.32 Å². The molecule has 1 amide bonds. The van der Waals surface area contributed by atoms with Crippen LogP contribution in [-0.4, -0.2) is 61.7 Å². The van der Waals surface area contributed by atoms with E-state index < -0.39 is 20.9 Å². The lowest BCUT2D eigenvalue weighted by Crippen LogP contribution is -2.50. The third kappa shape index (κ3) is 4.34. The van der Waals surface area contributed by atoms with Gasteiger partial charge in [0.25, 0.3) is 11.6 Å². The summed E-state index contributed by atoms with van der Waals surface area (Å²) in [5.41, 5.74) is 0.456. The highest BCUT2D eigenvalue weighted by Gasteiger charge is 2.31. The summed E-state index contributed by atoms with van der Waals surface area (Å²) in [6.45, 7) is 0.573. The van der Waals surface area contributed by atoms with E-state index in [1.165, 1.54) is 39.5 Å². The Morgan fingerprint density at radius 1 is 1.14 bits per heavy atom. The predicted octanol–water partition coefficient (Wildman–Crippen LogP) is 2.44. The maximum absolute atomic E-state index is 12.9. The molecule has 2 aromatic rings. The topological polar surface area (TPSA) is 113 Å². The van der Waals surface area contributed by atoms with Crippen LogP contribution in [-0.2, 0) is 10.0 Å². The van der Waals surface area contributed by atoms with Crippen LogP contribution in [0, 0.1) is 10.1 Å². The molecule has 1 saturated heterocycles. The summed E-state index contributed by atoms with van der Waals surface area (Å²) in [5, 5.41) is 14.2. The number of nitro benzene ring substituents is 1. The fraction of sp³-hybridized carbons (Fsp3) is 0.278. The molecule has 0 bridgehead atoms. The van der Waals surface area contributed by atoms with Crippen LogP contribution in [0.5, 0.6) is 0 Å². The van der Waals surface area contributed by atoms with E-state index in [0.29, 0.717) is 10.7 Å². The van der Waals surface area contributed by atoms with Gasteiger partial charge in [-0.25, -0.2) is 8.42 Å². The summed E-state index contributed by atoms with van der Waals surface area (Å²) >= 11 is 5.90. The molecule has 1 aliphatic heterocycles. The van der Waals surface area contributed by atoms with Crippen LogP contribution in [0.4, 0.5) is 11.4 Å². The smallest absolute Gasteiger partial charge is 0.270 e. The second-order valence-electron chi connectivity index (χ2n) is 6.39. The van der Waals surface area contributed by atoms with Gasteiger partial charge in [-0.3, -0.25) is 14.9 Å². The van der Waals surface area contributed by atoms with Crippen LogP contribution in [0.25, 0.3) is 0 Å². The van der Waals surface area contributed by atoms with Gasteiger partial charge >= 0.3 is 0 Å². The van der Waals surface area contributed by atoms with Crippen LogP contribution in [0.2, 0.25) is 5.02 Å². The first-order valence-electron chi connectivity index (χ1n) is 8.75. The maximum atomic E-state index is 12.9. The van der Waals surface area contributed by atoms with Gasteiger partial charge in [-0.2, -0.15) is 4.31 Å². The monoisotopic (exact) mass is 438 g/mol. The maximum Gasteiger partial charge on any atom is 0.270 e. The molecule has 0 aliphatic carbocycles. The van der Waals surface area contributed by atoms with Crippen molar-refractivity contribution in [3.05, 3.63) is 63.2 Å². The quantitative estimate of drug-likeness (QED) is 0.566. The lowest BCUT2D eigenvalue weighted by Gasteiger charge is -2.34. The van der Waals surface area contributed by atoms with Gasteiger partial charge in [-0.15, -0.1) is 0 Å². The molecular weight excluding hydrogens is 420 g/mol. The number of non-ortho nitro benzene ring substituents is 1. The summed E-state index contributed by atoms with van der Waals surface area (Å²) in [7, 11) is -2.10. The lowest BCUT2D eigenvalue weighted by molar-refractivity contribution is -0.384. The van der Waals surface area contributed by atoms with Gasteiger partial charge in [-0.05, 0) is 24.3 Å². The van der Waals surface area contributed by atoms with Gasteiger partial charge in [0, 0.05) is 56.1 Å². The normalized spacial score (nSPS) is 15.2. The Kier molecular flexibility index (Phi) is 6.06. The summed E-state index contributed by atoms with van der Waals surface area (Å²) < 4.78 is 26.9. The minimum Gasteiger partial charge on any atom is -0.387 e. The number of halogens is 1. The third-order valence-electron chi connectivity index (χ3n) is 4.67. The zero-order chi connectivity index (χ0) is 21.2. The summed E-state index contributed by atoms with van der Waals surface area (Å²) in [5.74, 6) is -0.391. The molecule has 1 aliphatic rings. The highest BCUT2D eigenvalue weighted by molar-refractivity contribution is 7.89. The van der Waals surface area contributed by atoms with E-state index in [-0.39, 0.29) is 42.3 Å². The number of nitrogens with zero attached hydrogens (tertiary/aromatic N) is 3. The molecule has 0 spiro atoms. The second kappa shape index (κ2) is 8.36. The Balaban J connectivity index is 1.76. The van der Waals surface area contributed by atoms with Crippen molar-refractivity contribution >= 4 is 38.9 Å². The van der Waals surface area contributed by atoms with Crippen LogP contribution in [0.3, 0.4) is 0 Å². The third-order valence-corrected chi connectivity index (χ3v) is 6.80. The number of carbonyl (C=O) groups is 1. The molecule has 0 unspecified atom stereocenters. The highest BCUT2D eigenvalue weighted by atomic mass is 35.5. The van der Waals surface area contributed by atoms with Crippen molar-refractivity contribution in [1.29, 1.82) is 0 Å². The van der Waals surface area contributed by atoms with E-state index in [1.807, 2.05) is 0 Å². The number of amides is 1. The highest BCUT2D eigenvalue weighted by Crippen LogP contribution is 2.25. The largest absolute Gasteiger partial charge is 0.387 e. The van der Waals surface area contributed by atoms with E-state index >= 15 is 0 Å². The lowest BCUT2D eigenvalue weighted by atomic mass is 10.1. The van der Waals surface area contributed by atoms with E-state index in [2.05, 4.69) is 5.32 Å². The molecule has 154 valence electrons. The molecular formula is C18H19ClN4O5S. The Morgan fingerprint density at radius 2 is 1.83 bits per heavy atom. The number of nitro groups is 1. The predicted molar refractivity (Wildman–Crippen MR) is 109 cm³/mol. The standard InChI is InChI=1S/C18H19ClN4O5S/c1-20-17-6-5-14(23(25)26)12-16(17)18(24)21-7-9-22(10-8-21)29(27,28)15-4-2-3-13(19)11-15/h2-6,11-12,20H,7-10H2,1H3. The molecule has 29 heavy (non-hydrogen) atoms. The molecule has 1 fully saturated rings. The van der Waals surface area contributed by atoms with Crippen molar-refractivity contribution in [2.45, 2.75) is 4.90 Å². The summed E-state index contributed by atoms with van der Waals surface area (Å²) in [6.07, 6.45) is 0. The first-order valence-corrected chi connectivity index (χ1v) is 10.6. The Bertz CT molecular complexity index is 1050. The molecule has 1 N–H and O–H groups in total. The van der Waals surface area contributed by atoms with Gasteiger partial charge < -0.3 is 10.2 Å². The molecule has 0 saturated carbocycles. The SMILES string of the molecule is CNc1ccc([N+](=O)[O-])cc1C(=O)N1CCN(S(=O)(=O)c2cccc(Cl)c2)CC1. The Hall–Kier alpha value is -2.69. The van der Waals surface area contributed by atoms with E-state index in [4.69, 9.17) is 11.6 Å². The fourth-order valence-corrected chi connectivity index (χ4v) is 4.84. The number of hydrogen-bond donors (Lipinski definition) is 1. The molecule has 0 radical (unpaired) electrons. The minimum atomic E-state index is -3.72. The average molecular weight is 439 g/mol. The van der Waals surface area contributed by atoms with Gasteiger partial charge in [0.1, 0.15) is 0 Å². The average Bonchev–Trinajstić information content (AvgIpc) is 2.72. The summed E-state index contributed by atoms with van der Waals surface area (Å²) in [6, 6.07) is 10.0. The van der Waals surface area contributed by atoms with Gasteiger partial charge in [0.15, 0.2) is 0 Å². The number of hydrogen-bond acceptors (Lipinski definition) is 6. The van der Waals surface area contributed by atoms with Gasteiger partial charge in [0.2, 0.25) is 10.0 Å². The van der Waals surface area contributed by atoms with Crippen LogP contribution in [0.15, 0.2) is 47.4 Å².